The normalized spacial score (nSPS) is 24.7. The van der Waals surface area contributed by atoms with Crippen LogP contribution in [0, 0.1) is 5.92 Å². The van der Waals surface area contributed by atoms with Crippen LogP contribution in [0.3, 0.4) is 0 Å². The molecule has 0 bridgehead atoms. The van der Waals surface area contributed by atoms with Crippen LogP contribution in [0.1, 0.15) is 50.4 Å². The molecule has 1 heterocycles. The molecule has 0 fully saturated rings. The Kier molecular flexibility index (Phi) is 10.1. The van der Waals surface area contributed by atoms with E-state index in [2.05, 4.69) is 12.2 Å². The first kappa shape index (κ1) is 25.4. The van der Waals surface area contributed by atoms with Crippen molar-refractivity contribution in [2.24, 2.45) is 5.92 Å². The van der Waals surface area contributed by atoms with E-state index in [1.807, 2.05) is 58.1 Å². The Balaban J connectivity index is 2.47. The van der Waals surface area contributed by atoms with Crippen molar-refractivity contribution in [1.29, 1.82) is 0 Å². The number of hydrogen-bond donors (Lipinski definition) is 2. The maximum Gasteiger partial charge on any atom is 0.258 e. The molecular formula is C24H41N3O4. The summed E-state index contributed by atoms with van der Waals surface area (Å²) in [6.07, 6.45) is 2.87. The lowest BCUT2D eigenvalue weighted by Crippen LogP contribution is -2.47. The summed E-state index contributed by atoms with van der Waals surface area (Å²) in [5, 5.41) is 13.1. The molecule has 1 aliphatic rings. The minimum atomic E-state index is -0.314. The van der Waals surface area contributed by atoms with Crippen molar-refractivity contribution >= 4 is 11.6 Å². The van der Waals surface area contributed by atoms with Gasteiger partial charge in [-0.15, -0.1) is 0 Å². The van der Waals surface area contributed by atoms with Gasteiger partial charge in [0, 0.05) is 45.4 Å². The van der Waals surface area contributed by atoms with Gasteiger partial charge in [-0.05, 0) is 58.4 Å². The van der Waals surface area contributed by atoms with E-state index in [-0.39, 0.29) is 36.7 Å². The van der Waals surface area contributed by atoms with Crippen LogP contribution in [0.25, 0.3) is 0 Å². The summed E-state index contributed by atoms with van der Waals surface area (Å²) in [5.41, 5.74) is 1.47. The van der Waals surface area contributed by atoms with Crippen LogP contribution in [0.2, 0.25) is 0 Å². The van der Waals surface area contributed by atoms with Gasteiger partial charge in [-0.25, -0.2) is 0 Å². The molecule has 2 rings (SSSR count). The fourth-order valence-corrected chi connectivity index (χ4v) is 3.88. The molecule has 7 heteroatoms. The highest BCUT2D eigenvalue weighted by Crippen LogP contribution is 2.29. The predicted molar refractivity (Wildman–Crippen MR) is 125 cm³/mol. The fraction of sp³-hybridized carbons (Fsp3) is 0.708. The van der Waals surface area contributed by atoms with Crippen LogP contribution in [0.5, 0.6) is 5.75 Å². The molecule has 7 nitrogen and oxygen atoms in total. The van der Waals surface area contributed by atoms with E-state index < -0.39 is 0 Å². The number of aliphatic hydroxyl groups excluding tert-OH is 1. The zero-order chi connectivity index (χ0) is 23.0. The molecule has 1 aromatic carbocycles. The minimum absolute atomic E-state index is 0.00422. The highest BCUT2D eigenvalue weighted by molar-refractivity contribution is 5.98. The molecule has 0 aliphatic carbocycles. The van der Waals surface area contributed by atoms with Gasteiger partial charge in [0.2, 0.25) is 0 Å². The molecule has 0 aromatic heterocycles. The number of amides is 1. The van der Waals surface area contributed by atoms with Crippen molar-refractivity contribution in [1.82, 2.24) is 10.2 Å². The molecule has 1 aliphatic heterocycles. The number of aliphatic hydroxyl groups is 1. The largest absolute Gasteiger partial charge is 0.490 e. The number of carbonyl (C=O) groups is 1. The van der Waals surface area contributed by atoms with Crippen LogP contribution < -0.4 is 15.0 Å². The van der Waals surface area contributed by atoms with E-state index in [1.54, 1.807) is 4.90 Å². The van der Waals surface area contributed by atoms with Crippen LogP contribution in [-0.2, 0) is 4.74 Å². The quantitative estimate of drug-likeness (QED) is 0.741. The fourth-order valence-electron chi connectivity index (χ4n) is 3.88. The van der Waals surface area contributed by atoms with Gasteiger partial charge in [0.1, 0.15) is 5.75 Å². The number of hydrogen-bond acceptors (Lipinski definition) is 6. The Morgan fingerprint density at radius 3 is 2.68 bits per heavy atom. The number of nitrogens with zero attached hydrogens (tertiary/aromatic N) is 2. The Bertz CT molecular complexity index is 697. The third kappa shape index (κ3) is 7.09. The lowest BCUT2D eigenvalue weighted by atomic mass is 10.0. The maximum absolute atomic E-state index is 13.8. The van der Waals surface area contributed by atoms with Gasteiger partial charge >= 0.3 is 0 Å². The molecule has 1 amide bonds. The number of likely N-dealkylation sites (N-methyl/N-ethyl adjacent to an activating group) is 1. The van der Waals surface area contributed by atoms with Crippen molar-refractivity contribution in [3.05, 3.63) is 23.8 Å². The van der Waals surface area contributed by atoms with E-state index in [0.717, 1.165) is 31.5 Å². The Labute approximate surface area is 187 Å². The smallest absolute Gasteiger partial charge is 0.258 e. The van der Waals surface area contributed by atoms with E-state index in [1.165, 1.54) is 0 Å². The molecule has 0 saturated heterocycles. The second-order valence-electron chi connectivity index (χ2n) is 8.93. The zero-order valence-corrected chi connectivity index (χ0v) is 20.1. The van der Waals surface area contributed by atoms with Crippen molar-refractivity contribution < 1.29 is 19.4 Å². The molecule has 2 N–H and O–H groups in total. The first-order valence-corrected chi connectivity index (χ1v) is 11.4. The number of rotatable bonds is 5. The summed E-state index contributed by atoms with van der Waals surface area (Å²) in [6, 6.07) is 5.44. The van der Waals surface area contributed by atoms with Crippen LogP contribution in [0.4, 0.5) is 5.69 Å². The van der Waals surface area contributed by atoms with Gasteiger partial charge in [-0.3, -0.25) is 4.79 Å². The highest BCUT2D eigenvalue weighted by Gasteiger charge is 2.29. The van der Waals surface area contributed by atoms with Gasteiger partial charge in [-0.1, -0.05) is 6.92 Å². The summed E-state index contributed by atoms with van der Waals surface area (Å²) in [7, 11) is 5.82. The molecule has 176 valence electrons. The Morgan fingerprint density at radius 2 is 2.03 bits per heavy atom. The van der Waals surface area contributed by atoms with Gasteiger partial charge in [0.25, 0.3) is 5.91 Å². The van der Waals surface area contributed by atoms with Crippen molar-refractivity contribution in [3.8, 4) is 5.75 Å². The topological polar surface area (TPSA) is 74.3 Å². The average molecular weight is 436 g/mol. The number of fused-ring (bicyclic) bond motifs is 1. The third-order valence-electron chi connectivity index (χ3n) is 5.96. The van der Waals surface area contributed by atoms with Crippen LogP contribution in [0.15, 0.2) is 18.2 Å². The van der Waals surface area contributed by atoms with E-state index in [4.69, 9.17) is 9.47 Å². The number of carbonyl (C=O) groups excluding carboxylic acids is 1. The van der Waals surface area contributed by atoms with Crippen LogP contribution in [-0.4, -0.2) is 81.6 Å². The molecular weight excluding hydrogens is 394 g/mol. The lowest BCUT2D eigenvalue weighted by Gasteiger charge is -2.34. The molecule has 0 spiro atoms. The summed E-state index contributed by atoms with van der Waals surface area (Å²) in [5.74, 6) is 0.583. The first-order chi connectivity index (χ1) is 14.8. The number of nitrogens with one attached hydrogen (secondary N) is 1. The van der Waals surface area contributed by atoms with Crippen molar-refractivity contribution in [2.75, 3.05) is 52.3 Å². The first-order valence-electron chi connectivity index (χ1n) is 11.4. The zero-order valence-electron chi connectivity index (χ0n) is 20.1. The average Bonchev–Trinajstić information content (AvgIpc) is 2.74. The van der Waals surface area contributed by atoms with Gasteiger partial charge < -0.3 is 29.7 Å². The highest BCUT2D eigenvalue weighted by atomic mass is 16.5. The van der Waals surface area contributed by atoms with E-state index >= 15 is 0 Å². The molecule has 1 aromatic rings. The monoisotopic (exact) mass is 435 g/mol. The number of benzene rings is 1. The summed E-state index contributed by atoms with van der Waals surface area (Å²) < 4.78 is 12.4. The SMILES string of the molecule is CNC[C@@H]1OCCCC[C@H](C)Oc2ccc(N(C)C)cc2C(=O)N([C@@H](C)CO)C[C@@H]1C. The Hall–Kier alpha value is -1.83. The summed E-state index contributed by atoms with van der Waals surface area (Å²) >= 11 is 0. The number of ether oxygens (including phenoxy) is 2. The molecule has 0 saturated carbocycles. The maximum atomic E-state index is 13.8. The minimum Gasteiger partial charge on any atom is -0.490 e. The standard InChI is InChI=1S/C24H41N3O4/c1-17-15-27(18(2)16-28)24(29)21-13-20(26(5)6)10-11-22(21)31-19(3)9-7-8-12-30-23(17)14-25-4/h10-11,13,17-19,23,25,28H,7-9,12,14-16H2,1-6H3/t17-,18-,19-,23-/m0/s1. The third-order valence-corrected chi connectivity index (χ3v) is 5.96. The van der Waals surface area contributed by atoms with E-state index in [9.17, 15) is 9.90 Å². The molecule has 0 radical (unpaired) electrons. The molecule has 4 atom stereocenters. The number of anilines is 1. The van der Waals surface area contributed by atoms with Gasteiger partial charge in [0.05, 0.1) is 30.4 Å². The van der Waals surface area contributed by atoms with Crippen molar-refractivity contribution in [2.45, 2.75) is 58.3 Å². The van der Waals surface area contributed by atoms with Gasteiger partial charge in [-0.2, -0.15) is 0 Å². The second kappa shape index (κ2) is 12.3. The van der Waals surface area contributed by atoms with Gasteiger partial charge in [0.15, 0.2) is 0 Å². The lowest BCUT2D eigenvalue weighted by molar-refractivity contribution is -0.000449. The predicted octanol–water partition coefficient (Wildman–Crippen LogP) is 2.77. The molecule has 31 heavy (non-hydrogen) atoms. The van der Waals surface area contributed by atoms with Crippen LogP contribution >= 0.6 is 0 Å². The Morgan fingerprint density at radius 1 is 1.29 bits per heavy atom. The second-order valence-corrected chi connectivity index (χ2v) is 8.93. The summed E-state index contributed by atoms with van der Waals surface area (Å²) in [6.45, 7) is 7.83. The molecule has 0 unspecified atom stereocenters. The van der Waals surface area contributed by atoms with Crippen molar-refractivity contribution in [3.63, 3.8) is 0 Å². The summed E-state index contributed by atoms with van der Waals surface area (Å²) in [4.78, 5) is 17.5. The van der Waals surface area contributed by atoms with E-state index in [0.29, 0.717) is 24.5 Å².